The summed E-state index contributed by atoms with van der Waals surface area (Å²) in [7, 11) is 0. The molecule has 2 aliphatic heterocycles. The quantitative estimate of drug-likeness (QED) is 0.469. The van der Waals surface area contributed by atoms with Gasteiger partial charge in [0.25, 0.3) is 0 Å². The van der Waals surface area contributed by atoms with Gasteiger partial charge in [-0.15, -0.1) is 0 Å². The number of rotatable bonds is 0. The minimum atomic E-state index is -0.0933. The van der Waals surface area contributed by atoms with E-state index in [0.717, 1.165) is 25.3 Å². The molecule has 140 valence electrons. The number of Topliss-reactive ketones (excluding diaryl/α,β-unsaturated/α-hetero) is 1. The van der Waals surface area contributed by atoms with Crippen molar-refractivity contribution in [1.29, 1.82) is 0 Å². The molecule has 4 rings (SSSR count). The van der Waals surface area contributed by atoms with Crippen LogP contribution in [-0.4, -0.2) is 28.7 Å². The number of allylic oxidation sites excluding steroid dienone is 2. The van der Waals surface area contributed by atoms with Gasteiger partial charge in [-0.2, -0.15) is 0 Å². The topological polar surface area (TPSA) is 37.4 Å². The maximum atomic E-state index is 12.6. The first kappa shape index (κ1) is 18.7. The lowest BCUT2D eigenvalue weighted by atomic mass is 9.52. The van der Waals surface area contributed by atoms with Gasteiger partial charge in [-0.1, -0.05) is 32.4 Å². The maximum absolute atomic E-state index is 12.6. The van der Waals surface area contributed by atoms with E-state index in [2.05, 4.69) is 31.7 Å². The second-order valence-corrected chi connectivity index (χ2v) is 8.86. The van der Waals surface area contributed by atoms with E-state index >= 15 is 0 Å². The number of hydrogen-bond donors (Lipinski definition) is 0. The van der Waals surface area contributed by atoms with Crippen LogP contribution in [0.4, 0.5) is 0 Å². The van der Waals surface area contributed by atoms with Crippen molar-refractivity contribution >= 4 is 11.7 Å². The Labute approximate surface area is 153 Å². The number of nitrogens with zero attached hydrogens (tertiary/aromatic N) is 1. The van der Waals surface area contributed by atoms with Gasteiger partial charge in [0, 0.05) is 18.5 Å². The van der Waals surface area contributed by atoms with Crippen LogP contribution in [0.2, 0.25) is 0 Å². The van der Waals surface area contributed by atoms with Gasteiger partial charge in [-0.25, -0.2) is 0 Å². The Hall–Kier alpha value is -1.12. The van der Waals surface area contributed by atoms with Crippen LogP contribution in [0, 0.1) is 23.2 Å². The summed E-state index contributed by atoms with van der Waals surface area (Å²) < 4.78 is 0. The van der Waals surface area contributed by atoms with E-state index in [9.17, 15) is 9.59 Å². The molecule has 0 aromatic heterocycles. The van der Waals surface area contributed by atoms with E-state index < -0.39 is 0 Å². The Morgan fingerprint density at radius 2 is 1.80 bits per heavy atom. The van der Waals surface area contributed by atoms with Crippen molar-refractivity contribution in [3.8, 4) is 0 Å². The van der Waals surface area contributed by atoms with Gasteiger partial charge in [0.05, 0.1) is 6.42 Å². The SMILES string of the molecule is CC.CC1=CCC2C3CCN4C(=O)CC(=O)CCC4(C)C3CCC12C. The van der Waals surface area contributed by atoms with Gasteiger partial charge in [0.1, 0.15) is 5.78 Å². The van der Waals surface area contributed by atoms with Crippen LogP contribution in [0.3, 0.4) is 0 Å². The van der Waals surface area contributed by atoms with Crippen LogP contribution < -0.4 is 0 Å². The summed E-state index contributed by atoms with van der Waals surface area (Å²) in [6, 6.07) is 0. The Kier molecular flexibility index (Phi) is 4.89. The number of ketones is 1. The van der Waals surface area contributed by atoms with Gasteiger partial charge in [0.2, 0.25) is 5.91 Å². The van der Waals surface area contributed by atoms with Crippen molar-refractivity contribution in [2.45, 2.75) is 85.1 Å². The fourth-order valence-corrected chi connectivity index (χ4v) is 6.45. The minimum Gasteiger partial charge on any atom is -0.337 e. The Bertz CT molecular complexity index is 595. The van der Waals surface area contributed by atoms with Crippen LogP contribution in [0.1, 0.15) is 79.6 Å². The fraction of sp³-hybridized carbons (Fsp3) is 0.818. The molecule has 3 fully saturated rings. The third kappa shape index (κ3) is 2.69. The van der Waals surface area contributed by atoms with Crippen LogP contribution in [0.25, 0.3) is 0 Å². The normalized spacial score (nSPS) is 43.2. The number of carbonyl (C=O) groups is 2. The van der Waals surface area contributed by atoms with Crippen molar-refractivity contribution in [2.75, 3.05) is 6.54 Å². The summed E-state index contributed by atoms with van der Waals surface area (Å²) in [4.78, 5) is 26.6. The molecular weight excluding hydrogens is 310 g/mol. The van der Waals surface area contributed by atoms with E-state index in [1.54, 1.807) is 5.57 Å². The zero-order chi connectivity index (χ0) is 18.4. The van der Waals surface area contributed by atoms with E-state index in [-0.39, 0.29) is 23.7 Å². The van der Waals surface area contributed by atoms with Gasteiger partial charge in [0.15, 0.2) is 0 Å². The monoisotopic (exact) mass is 345 g/mol. The summed E-state index contributed by atoms with van der Waals surface area (Å²) in [5.74, 6) is 2.26. The molecule has 2 aliphatic carbocycles. The van der Waals surface area contributed by atoms with Gasteiger partial charge >= 0.3 is 0 Å². The number of hydrogen-bond acceptors (Lipinski definition) is 2. The van der Waals surface area contributed by atoms with Crippen molar-refractivity contribution < 1.29 is 9.59 Å². The summed E-state index contributed by atoms with van der Waals surface area (Å²) in [6.07, 6.45) is 8.84. The lowest BCUT2D eigenvalue weighted by Gasteiger charge is -2.59. The highest BCUT2D eigenvalue weighted by Crippen LogP contribution is 2.61. The fourth-order valence-electron chi connectivity index (χ4n) is 6.45. The first-order valence-electron chi connectivity index (χ1n) is 10.4. The van der Waals surface area contributed by atoms with Gasteiger partial charge in [-0.3, -0.25) is 9.59 Å². The lowest BCUT2D eigenvalue weighted by molar-refractivity contribution is -0.150. The van der Waals surface area contributed by atoms with E-state index in [0.29, 0.717) is 23.7 Å². The minimum absolute atomic E-state index is 0.0857. The zero-order valence-corrected chi connectivity index (χ0v) is 16.7. The Morgan fingerprint density at radius 3 is 2.52 bits per heavy atom. The molecule has 0 spiro atoms. The smallest absolute Gasteiger partial charge is 0.230 e. The molecule has 25 heavy (non-hydrogen) atoms. The van der Waals surface area contributed by atoms with Crippen molar-refractivity contribution in [2.24, 2.45) is 23.2 Å². The molecule has 0 N–H and O–H groups in total. The third-order valence-corrected chi connectivity index (χ3v) is 8.07. The maximum Gasteiger partial charge on any atom is 0.230 e. The number of piperidine rings is 1. The highest BCUT2D eigenvalue weighted by molar-refractivity contribution is 5.99. The Balaban J connectivity index is 0.000000880. The van der Waals surface area contributed by atoms with E-state index in [1.165, 1.54) is 19.3 Å². The average molecular weight is 346 g/mol. The van der Waals surface area contributed by atoms with E-state index in [1.807, 2.05) is 13.8 Å². The molecule has 0 bridgehead atoms. The molecule has 2 saturated heterocycles. The molecule has 0 aromatic carbocycles. The van der Waals surface area contributed by atoms with Gasteiger partial charge < -0.3 is 4.90 Å². The highest BCUT2D eigenvalue weighted by atomic mass is 16.2. The standard InChI is InChI=1S/C20H29NO2.C2H6/c1-13-4-5-16-15-8-11-21-18(23)12-14(22)6-10-20(21,3)17(15)7-9-19(13,16)2;1-2/h4,15-17H,5-12H2,1-3H3;1-2H3. The van der Waals surface area contributed by atoms with Crippen molar-refractivity contribution in [3.05, 3.63) is 11.6 Å². The second kappa shape index (κ2) is 6.55. The molecular formula is C22H35NO2. The van der Waals surface area contributed by atoms with Crippen molar-refractivity contribution in [3.63, 3.8) is 0 Å². The zero-order valence-electron chi connectivity index (χ0n) is 16.7. The average Bonchev–Trinajstić information content (AvgIpc) is 2.84. The van der Waals surface area contributed by atoms with Crippen LogP contribution in [-0.2, 0) is 9.59 Å². The predicted octanol–water partition coefficient (Wildman–Crippen LogP) is 4.76. The van der Waals surface area contributed by atoms with Crippen LogP contribution in [0.15, 0.2) is 11.6 Å². The van der Waals surface area contributed by atoms with Crippen molar-refractivity contribution in [1.82, 2.24) is 4.90 Å². The molecule has 1 saturated carbocycles. The summed E-state index contributed by atoms with van der Waals surface area (Å²) >= 11 is 0. The summed E-state index contributed by atoms with van der Waals surface area (Å²) in [6.45, 7) is 11.9. The molecule has 0 radical (unpaired) electrons. The molecule has 1 amide bonds. The highest BCUT2D eigenvalue weighted by Gasteiger charge is 2.57. The van der Waals surface area contributed by atoms with Crippen LogP contribution >= 0.6 is 0 Å². The largest absolute Gasteiger partial charge is 0.337 e. The molecule has 0 aromatic rings. The third-order valence-electron chi connectivity index (χ3n) is 8.07. The van der Waals surface area contributed by atoms with Crippen LogP contribution in [0.5, 0.6) is 0 Å². The predicted molar refractivity (Wildman–Crippen MR) is 101 cm³/mol. The molecule has 3 heteroatoms. The lowest BCUT2D eigenvalue weighted by Crippen LogP contribution is -2.62. The Morgan fingerprint density at radius 1 is 1.08 bits per heavy atom. The number of amides is 1. The number of carbonyl (C=O) groups excluding carboxylic acids is 2. The molecule has 2 heterocycles. The summed E-state index contributed by atoms with van der Waals surface area (Å²) in [5, 5.41) is 0. The molecule has 3 nitrogen and oxygen atoms in total. The molecule has 4 aliphatic rings. The molecule has 5 unspecified atom stereocenters. The first-order chi connectivity index (χ1) is 11.9. The molecule has 5 atom stereocenters. The summed E-state index contributed by atoms with van der Waals surface area (Å²) in [5.41, 5.74) is 1.87. The second-order valence-electron chi connectivity index (χ2n) is 8.86. The van der Waals surface area contributed by atoms with Gasteiger partial charge in [-0.05, 0) is 69.1 Å². The van der Waals surface area contributed by atoms with E-state index in [4.69, 9.17) is 0 Å². The number of fused-ring (bicyclic) bond motifs is 5. The first-order valence-corrected chi connectivity index (χ1v) is 10.4.